The molecular weight excluding hydrogens is 406 g/mol. The molecule has 4 rings (SSSR count). The Morgan fingerprint density at radius 3 is 2.55 bits per heavy atom. The van der Waals surface area contributed by atoms with E-state index in [4.69, 9.17) is 9.72 Å². The summed E-state index contributed by atoms with van der Waals surface area (Å²) in [5, 5.41) is 10.9. The predicted molar refractivity (Wildman–Crippen MR) is 124 cm³/mol. The van der Waals surface area contributed by atoms with Crippen LogP contribution in [0.1, 0.15) is 39.2 Å². The Kier molecular flexibility index (Phi) is 5.71. The largest absolute Gasteiger partial charge is 0.460 e. The average molecular weight is 430 g/mol. The lowest BCUT2D eigenvalue weighted by molar-refractivity contribution is -0.143. The van der Waals surface area contributed by atoms with Gasteiger partial charge in [-0.2, -0.15) is 5.26 Å². The molecule has 0 spiro atoms. The molecule has 3 aromatic rings. The van der Waals surface area contributed by atoms with Gasteiger partial charge >= 0.3 is 5.97 Å². The molecule has 5 nitrogen and oxygen atoms in total. The van der Waals surface area contributed by atoms with Crippen LogP contribution in [0.5, 0.6) is 0 Å². The topological polar surface area (TPSA) is 75.3 Å². The first-order valence-electron chi connectivity index (χ1n) is 10.2. The van der Waals surface area contributed by atoms with Crippen LogP contribution in [0.4, 0.5) is 0 Å². The molecule has 31 heavy (non-hydrogen) atoms. The van der Waals surface area contributed by atoms with E-state index in [1.165, 1.54) is 0 Å². The normalized spacial score (nSPS) is 18.8. The van der Waals surface area contributed by atoms with E-state index in [-0.39, 0.29) is 6.10 Å². The molecule has 2 aromatic carbocycles. The van der Waals surface area contributed by atoms with Gasteiger partial charge in [-0.25, -0.2) is 9.78 Å². The average Bonchev–Trinajstić information content (AvgIpc) is 3.18. The standard InChI is InChI=1S/C25H23N3O2S/c1-14(2)30-25(29)21-16(4)27-15(3)19(13-26)22(21)18-11-8-12-20-23(18)31-24(28-20)17-9-6-5-7-10-17/h5-12,14,19,22H,1-4H3. The molecule has 2 unspecified atom stereocenters. The van der Waals surface area contributed by atoms with Gasteiger partial charge in [0.15, 0.2) is 0 Å². The van der Waals surface area contributed by atoms with Crippen LogP contribution in [0.3, 0.4) is 0 Å². The van der Waals surface area contributed by atoms with Crippen molar-refractivity contribution in [2.75, 3.05) is 0 Å². The van der Waals surface area contributed by atoms with E-state index in [1.807, 2.05) is 76.2 Å². The van der Waals surface area contributed by atoms with Crippen molar-refractivity contribution >= 4 is 33.2 Å². The lowest BCUT2D eigenvalue weighted by Gasteiger charge is -2.29. The summed E-state index contributed by atoms with van der Waals surface area (Å²) in [5.74, 6) is -1.42. The fourth-order valence-electron chi connectivity index (χ4n) is 4.00. The van der Waals surface area contributed by atoms with Crippen LogP contribution in [-0.4, -0.2) is 22.8 Å². The highest BCUT2D eigenvalue weighted by molar-refractivity contribution is 7.21. The zero-order valence-electron chi connectivity index (χ0n) is 17.9. The molecule has 0 N–H and O–H groups in total. The fraction of sp³-hybridized carbons (Fsp3) is 0.280. The first-order valence-corrected chi connectivity index (χ1v) is 11.0. The Labute approximate surface area is 185 Å². The molecule has 1 aromatic heterocycles. The number of allylic oxidation sites excluding steroid dienone is 1. The maximum Gasteiger partial charge on any atom is 0.336 e. The van der Waals surface area contributed by atoms with Crippen molar-refractivity contribution in [1.29, 1.82) is 5.26 Å². The van der Waals surface area contributed by atoms with Crippen molar-refractivity contribution in [3.05, 3.63) is 65.4 Å². The highest BCUT2D eigenvalue weighted by atomic mass is 32.1. The number of carbonyl (C=O) groups is 1. The zero-order chi connectivity index (χ0) is 22.1. The fourth-order valence-corrected chi connectivity index (χ4v) is 5.12. The van der Waals surface area contributed by atoms with Gasteiger partial charge in [-0.05, 0) is 39.3 Å². The number of aromatic nitrogens is 1. The number of rotatable bonds is 4. The second-order valence-corrected chi connectivity index (χ2v) is 8.87. The summed E-state index contributed by atoms with van der Waals surface area (Å²) in [6.45, 7) is 7.29. The number of benzene rings is 2. The monoisotopic (exact) mass is 429 g/mol. The van der Waals surface area contributed by atoms with Crippen LogP contribution >= 0.6 is 11.3 Å². The summed E-state index contributed by atoms with van der Waals surface area (Å²) >= 11 is 1.58. The third kappa shape index (κ3) is 3.89. The summed E-state index contributed by atoms with van der Waals surface area (Å²) < 4.78 is 6.51. The van der Waals surface area contributed by atoms with Crippen LogP contribution in [0.15, 0.2) is 64.8 Å². The number of fused-ring (bicyclic) bond motifs is 1. The van der Waals surface area contributed by atoms with E-state index in [0.29, 0.717) is 17.0 Å². The SMILES string of the molecule is CC1=NC(C)=C(C(=O)OC(C)C)C(c2cccc3nc(-c4ccccc4)sc23)C1C#N. The molecule has 0 aliphatic carbocycles. The molecule has 0 radical (unpaired) electrons. The third-order valence-corrected chi connectivity index (χ3v) is 6.50. The van der Waals surface area contributed by atoms with Crippen molar-refractivity contribution in [2.24, 2.45) is 10.9 Å². The van der Waals surface area contributed by atoms with E-state index in [0.717, 1.165) is 26.4 Å². The molecule has 0 amide bonds. The summed E-state index contributed by atoms with van der Waals surface area (Å²) in [6, 6.07) is 18.3. The second kappa shape index (κ2) is 8.44. The summed E-state index contributed by atoms with van der Waals surface area (Å²) in [7, 11) is 0. The molecule has 156 valence electrons. The molecule has 0 saturated heterocycles. The molecular formula is C25H23N3O2S. The summed E-state index contributed by atoms with van der Waals surface area (Å²) in [6.07, 6.45) is -0.259. The van der Waals surface area contributed by atoms with Crippen molar-refractivity contribution in [2.45, 2.75) is 39.7 Å². The number of hydrogen-bond acceptors (Lipinski definition) is 6. The third-order valence-electron chi connectivity index (χ3n) is 5.33. The minimum Gasteiger partial charge on any atom is -0.460 e. The minimum absolute atomic E-state index is 0.259. The van der Waals surface area contributed by atoms with Crippen LogP contribution < -0.4 is 0 Å². The van der Waals surface area contributed by atoms with Gasteiger partial charge in [-0.1, -0.05) is 42.5 Å². The molecule has 2 atom stereocenters. The maximum absolute atomic E-state index is 13.1. The van der Waals surface area contributed by atoms with Crippen LogP contribution in [0, 0.1) is 17.2 Å². The number of nitrogens with zero attached hydrogens (tertiary/aromatic N) is 3. The first-order chi connectivity index (χ1) is 14.9. The Bertz CT molecular complexity index is 1250. The molecule has 6 heteroatoms. The highest BCUT2D eigenvalue weighted by Crippen LogP contribution is 2.44. The number of aliphatic imine (C=N–C) groups is 1. The Hall–Kier alpha value is -3.30. The van der Waals surface area contributed by atoms with E-state index in [2.05, 4.69) is 11.1 Å². The number of hydrogen-bond donors (Lipinski definition) is 0. The Balaban J connectivity index is 1.91. The summed E-state index contributed by atoms with van der Waals surface area (Å²) in [4.78, 5) is 22.4. The van der Waals surface area contributed by atoms with Gasteiger partial charge in [0.05, 0.1) is 33.9 Å². The van der Waals surface area contributed by atoms with Crippen LogP contribution in [0.2, 0.25) is 0 Å². The summed E-state index contributed by atoms with van der Waals surface area (Å²) in [5.41, 5.74) is 4.56. The lowest BCUT2D eigenvalue weighted by Crippen LogP contribution is -2.30. The van der Waals surface area contributed by atoms with Gasteiger partial charge in [0.2, 0.25) is 0 Å². The van der Waals surface area contributed by atoms with Gasteiger partial charge in [0, 0.05) is 22.9 Å². The Morgan fingerprint density at radius 1 is 1.13 bits per heavy atom. The number of carbonyl (C=O) groups excluding carboxylic acids is 1. The van der Waals surface area contributed by atoms with Gasteiger partial charge < -0.3 is 4.74 Å². The molecule has 1 aliphatic heterocycles. The quantitative estimate of drug-likeness (QED) is 0.485. The van der Waals surface area contributed by atoms with Crippen LogP contribution in [0.25, 0.3) is 20.8 Å². The number of esters is 1. The van der Waals surface area contributed by atoms with Crippen molar-refractivity contribution < 1.29 is 9.53 Å². The minimum atomic E-state index is -0.550. The number of thiazole rings is 1. The molecule has 1 aliphatic rings. The Morgan fingerprint density at radius 2 is 1.87 bits per heavy atom. The molecule has 0 fully saturated rings. The van der Waals surface area contributed by atoms with E-state index in [9.17, 15) is 10.1 Å². The van der Waals surface area contributed by atoms with Crippen molar-refractivity contribution in [3.63, 3.8) is 0 Å². The predicted octanol–water partition coefficient (Wildman–Crippen LogP) is 5.89. The second-order valence-electron chi connectivity index (χ2n) is 7.87. The van der Waals surface area contributed by atoms with Gasteiger partial charge in [0.1, 0.15) is 5.01 Å². The van der Waals surface area contributed by atoms with E-state index in [1.54, 1.807) is 11.3 Å². The first kappa shape index (κ1) is 21.0. The van der Waals surface area contributed by atoms with Crippen LogP contribution in [-0.2, 0) is 9.53 Å². The van der Waals surface area contributed by atoms with E-state index >= 15 is 0 Å². The number of nitriles is 1. The van der Waals surface area contributed by atoms with E-state index < -0.39 is 17.8 Å². The lowest BCUT2D eigenvalue weighted by atomic mass is 9.76. The molecule has 0 saturated carbocycles. The number of ether oxygens (including phenoxy) is 1. The molecule has 2 heterocycles. The van der Waals surface area contributed by atoms with Gasteiger partial charge in [-0.15, -0.1) is 11.3 Å². The highest BCUT2D eigenvalue weighted by Gasteiger charge is 2.39. The zero-order valence-corrected chi connectivity index (χ0v) is 18.7. The van der Waals surface area contributed by atoms with Crippen molar-refractivity contribution in [1.82, 2.24) is 4.98 Å². The molecule has 0 bridgehead atoms. The van der Waals surface area contributed by atoms with Gasteiger partial charge in [-0.3, -0.25) is 4.99 Å². The van der Waals surface area contributed by atoms with Crippen molar-refractivity contribution in [3.8, 4) is 16.6 Å². The maximum atomic E-state index is 13.1. The smallest absolute Gasteiger partial charge is 0.336 e. The van der Waals surface area contributed by atoms with Gasteiger partial charge in [0.25, 0.3) is 0 Å².